The molecule has 1 aromatic carbocycles. The Morgan fingerprint density at radius 2 is 2.00 bits per heavy atom. The highest BCUT2D eigenvalue weighted by atomic mass is 32.2. The Hall–Kier alpha value is -1.44. The Balaban J connectivity index is 1.80. The minimum absolute atomic E-state index is 0.143. The van der Waals surface area contributed by atoms with Crippen LogP contribution in [-0.4, -0.2) is 51.1 Å². The van der Waals surface area contributed by atoms with Crippen molar-refractivity contribution in [3.05, 3.63) is 29.8 Å². The van der Waals surface area contributed by atoms with Crippen molar-refractivity contribution in [1.82, 2.24) is 4.31 Å². The van der Waals surface area contributed by atoms with Crippen molar-refractivity contribution in [1.29, 1.82) is 0 Å². The fourth-order valence-electron chi connectivity index (χ4n) is 3.76. The second kappa shape index (κ2) is 6.13. The molecule has 1 aliphatic heterocycles. The molecule has 132 valence electrons. The molecule has 1 unspecified atom stereocenters. The number of aryl methyl sites for hydroxylation is 1. The fourth-order valence-corrected chi connectivity index (χ4v) is 5.22. The molecular formula is C17H23NO5S. The van der Waals surface area contributed by atoms with Crippen LogP contribution in [0.5, 0.6) is 0 Å². The average molecular weight is 353 g/mol. The van der Waals surface area contributed by atoms with Crippen molar-refractivity contribution < 1.29 is 22.7 Å². The minimum Gasteiger partial charge on any atom is -0.466 e. The Bertz CT molecular complexity index is 730. The van der Waals surface area contributed by atoms with Gasteiger partial charge in [0.05, 0.1) is 23.0 Å². The molecule has 2 aliphatic rings. The molecule has 0 N–H and O–H groups in total. The zero-order valence-corrected chi connectivity index (χ0v) is 15.0. The second-order valence-electron chi connectivity index (χ2n) is 6.42. The summed E-state index contributed by atoms with van der Waals surface area (Å²) in [5.74, 6) is -0.810. The van der Waals surface area contributed by atoms with Crippen LogP contribution in [-0.2, 0) is 24.3 Å². The summed E-state index contributed by atoms with van der Waals surface area (Å²) in [5.41, 5.74) is 0.446. The molecule has 7 heteroatoms. The minimum atomic E-state index is -3.56. The maximum atomic E-state index is 12.8. The molecule has 3 atom stereocenters. The highest BCUT2D eigenvalue weighted by Crippen LogP contribution is 2.58. The Labute approximate surface area is 142 Å². The number of carbonyl (C=O) groups excluding carboxylic acids is 1. The van der Waals surface area contributed by atoms with Gasteiger partial charge in [0.15, 0.2) is 0 Å². The van der Waals surface area contributed by atoms with E-state index in [1.54, 1.807) is 38.3 Å². The first-order chi connectivity index (χ1) is 11.4. The number of hydrogen-bond acceptors (Lipinski definition) is 5. The molecule has 1 aliphatic carbocycles. The summed E-state index contributed by atoms with van der Waals surface area (Å²) < 4.78 is 37.8. The van der Waals surface area contributed by atoms with Crippen molar-refractivity contribution in [3.8, 4) is 0 Å². The summed E-state index contributed by atoms with van der Waals surface area (Å²) in [6.45, 7) is 4.62. The first-order valence-electron chi connectivity index (χ1n) is 8.15. The standard InChI is InChI=1S/C17H23NO5S/c1-4-23-16(19)15-14-11-18(10-9-17(14,15)22-3)24(20,21)13-7-5-12(2)6-8-13/h5-8,14-15H,4,9-11H2,1-3H3/t14?,15-,17-/m0/s1. The first kappa shape index (κ1) is 17.4. The van der Waals surface area contributed by atoms with Gasteiger partial charge in [-0.1, -0.05) is 17.7 Å². The Kier molecular flexibility index (Phi) is 4.44. The molecule has 1 heterocycles. The van der Waals surface area contributed by atoms with Gasteiger partial charge in [-0.15, -0.1) is 0 Å². The topological polar surface area (TPSA) is 72.9 Å². The monoisotopic (exact) mass is 353 g/mol. The molecule has 1 saturated heterocycles. The number of ether oxygens (including phenoxy) is 2. The lowest BCUT2D eigenvalue weighted by Crippen LogP contribution is -2.41. The van der Waals surface area contributed by atoms with E-state index < -0.39 is 15.6 Å². The normalized spacial score (nSPS) is 29.8. The van der Waals surface area contributed by atoms with E-state index in [1.165, 1.54) is 4.31 Å². The van der Waals surface area contributed by atoms with Crippen LogP contribution in [0.1, 0.15) is 18.9 Å². The van der Waals surface area contributed by atoms with Gasteiger partial charge >= 0.3 is 5.97 Å². The van der Waals surface area contributed by atoms with E-state index in [1.807, 2.05) is 6.92 Å². The van der Waals surface area contributed by atoms with Gasteiger partial charge in [0, 0.05) is 26.1 Å². The smallest absolute Gasteiger partial charge is 0.312 e. The van der Waals surface area contributed by atoms with Crippen molar-refractivity contribution in [2.75, 3.05) is 26.8 Å². The van der Waals surface area contributed by atoms with E-state index in [4.69, 9.17) is 9.47 Å². The summed E-state index contributed by atoms with van der Waals surface area (Å²) in [7, 11) is -1.98. The van der Waals surface area contributed by atoms with E-state index in [0.29, 0.717) is 19.6 Å². The van der Waals surface area contributed by atoms with E-state index in [9.17, 15) is 13.2 Å². The second-order valence-corrected chi connectivity index (χ2v) is 8.36. The van der Waals surface area contributed by atoms with Gasteiger partial charge in [-0.25, -0.2) is 8.42 Å². The summed E-state index contributed by atoms with van der Waals surface area (Å²) in [6, 6.07) is 6.82. The molecule has 6 nitrogen and oxygen atoms in total. The van der Waals surface area contributed by atoms with Crippen LogP contribution in [0.25, 0.3) is 0 Å². The molecule has 24 heavy (non-hydrogen) atoms. The number of nitrogens with zero attached hydrogens (tertiary/aromatic N) is 1. The number of benzene rings is 1. The average Bonchev–Trinajstić information content (AvgIpc) is 3.24. The molecule has 0 spiro atoms. The predicted octanol–water partition coefficient (Wildman–Crippen LogP) is 1.58. The summed E-state index contributed by atoms with van der Waals surface area (Å²) in [4.78, 5) is 12.4. The van der Waals surface area contributed by atoms with Crippen LogP contribution in [0.3, 0.4) is 0 Å². The number of fused-ring (bicyclic) bond motifs is 1. The van der Waals surface area contributed by atoms with Gasteiger partial charge in [-0.3, -0.25) is 4.79 Å². The number of sulfonamides is 1. The van der Waals surface area contributed by atoms with Crippen LogP contribution in [0.2, 0.25) is 0 Å². The lowest BCUT2D eigenvalue weighted by atomic mass is 10.1. The third-order valence-electron chi connectivity index (χ3n) is 5.18. The highest BCUT2D eigenvalue weighted by Gasteiger charge is 2.71. The number of rotatable bonds is 5. The molecule has 0 amide bonds. The lowest BCUT2D eigenvalue weighted by molar-refractivity contribution is -0.147. The molecular weight excluding hydrogens is 330 g/mol. The van der Waals surface area contributed by atoms with E-state index in [-0.39, 0.29) is 29.2 Å². The fraction of sp³-hybridized carbons (Fsp3) is 0.588. The van der Waals surface area contributed by atoms with Gasteiger partial charge in [-0.05, 0) is 32.4 Å². The predicted molar refractivity (Wildman–Crippen MR) is 87.9 cm³/mol. The van der Waals surface area contributed by atoms with Crippen LogP contribution in [0.4, 0.5) is 0 Å². The third-order valence-corrected chi connectivity index (χ3v) is 7.06. The van der Waals surface area contributed by atoms with Crippen molar-refractivity contribution >= 4 is 16.0 Å². The number of esters is 1. The van der Waals surface area contributed by atoms with Crippen molar-refractivity contribution in [2.45, 2.75) is 30.8 Å². The number of hydrogen-bond donors (Lipinski definition) is 0. The van der Waals surface area contributed by atoms with E-state index in [2.05, 4.69) is 0 Å². The number of methoxy groups -OCH3 is 1. The Morgan fingerprint density at radius 3 is 2.58 bits per heavy atom. The van der Waals surface area contributed by atoms with Gasteiger partial charge < -0.3 is 9.47 Å². The van der Waals surface area contributed by atoms with E-state index in [0.717, 1.165) is 5.56 Å². The number of piperidine rings is 1. The lowest BCUT2D eigenvalue weighted by Gasteiger charge is -2.29. The molecule has 0 bridgehead atoms. The summed E-state index contributed by atoms with van der Waals surface area (Å²) in [5, 5.41) is 0. The highest BCUT2D eigenvalue weighted by molar-refractivity contribution is 7.89. The van der Waals surface area contributed by atoms with Gasteiger partial charge in [0.1, 0.15) is 0 Å². The Morgan fingerprint density at radius 1 is 1.33 bits per heavy atom. The number of carbonyl (C=O) groups is 1. The maximum absolute atomic E-state index is 12.8. The molecule has 1 saturated carbocycles. The van der Waals surface area contributed by atoms with Crippen LogP contribution >= 0.6 is 0 Å². The quantitative estimate of drug-likeness (QED) is 0.752. The van der Waals surface area contributed by atoms with Crippen LogP contribution in [0, 0.1) is 18.8 Å². The molecule has 1 aromatic rings. The molecule has 0 aromatic heterocycles. The molecule has 2 fully saturated rings. The van der Waals surface area contributed by atoms with Crippen LogP contribution < -0.4 is 0 Å². The largest absolute Gasteiger partial charge is 0.466 e. The first-order valence-corrected chi connectivity index (χ1v) is 9.59. The van der Waals surface area contributed by atoms with E-state index >= 15 is 0 Å². The zero-order valence-electron chi connectivity index (χ0n) is 14.2. The van der Waals surface area contributed by atoms with Gasteiger partial charge in [0.25, 0.3) is 0 Å². The SMILES string of the molecule is CCOC(=O)[C@@H]1C2CN(S(=O)(=O)c3ccc(C)cc3)CC[C@]21OC. The zero-order chi connectivity index (χ0) is 17.5. The van der Waals surface area contributed by atoms with Gasteiger partial charge in [0.2, 0.25) is 10.0 Å². The van der Waals surface area contributed by atoms with Crippen LogP contribution in [0.15, 0.2) is 29.2 Å². The van der Waals surface area contributed by atoms with Crippen molar-refractivity contribution in [3.63, 3.8) is 0 Å². The maximum Gasteiger partial charge on any atom is 0.312 e. The van der Waals surface area contributed by atoms with Crippen molar-refractivity contribution in [2.24, 2.45) is 11.8 Å². The summed E-state index contributed by atoms with van der Waals surface area (Å²) in [6.07, 6.45) is 0.503. The summed E-state index contributed by atoms with van der Waals surface area (Å²) >= 11 is 0. The van der Waals surface area contributed by atoms with Gasteiger partial charge in [-0.2, -0.15) is 4.31 Å². The molecule has 3 rings (SSSR count). The molecule has 0 radical (unpaired) electrons. The third kappa shape index (κ3) is 2.64.